The first-order valence-corrected chi connectivity index (χ1v) is 4.88. The molecule has 0 saturated carbocycles. The second-order valence-corrected chi connectivity index (χ2v) is 4.03. The molecule has 0 saturated heterocycles. The Balaban J connectivity index is 2.60. The number of nitrogens with zero attached hydrogens (tertiary/aromatic N) is 2. The van der Waals surface area contributed by atoms with Gasteiger partial charge in [-0.3, -0.25) is 0 Å². The van der Waals surface area contributed by atoms with Crippen LogP contribution in [-0.4, -0.2) is 16.1 Å². The van der Waals surface area contributed by atoms with Gasteiger partial charge >= 0.3 is 0 Å². The molecule has 1 aromatic heterocycles. The zero-order valence-corrected chi connectivity index (χ0v) is 8.91. The Kier molecular flexibility index (Phi) is 3.34. The van der Waals surface area contributed by atoms with Crippen LogP contribution in [0.1, 0.15) is 33.7 Å². The molecule has 0 aromatic carbocycles. The summed E-state index contributed by atoms with van der Waals surface area (Å²) in [6, 6.07) is 0.470. The van der Waals surface area contributed by atoms with E-state index in [9.17, 15) is 0 Å². The van der Waals surface area contributed by atoms with Crippen molar-refractivity contribution in [1.82, 2.24) is 9.55 Å². The Morgan fingerprint density at radius 1 is 1.38 bits per heavy atom. The van der Waals surface area contributed by atoms with Gasteiger partial charge in [-0.1, -0.05) is 13.8 Å². The van der Waals surface area contributed by atoms with Crippen molar-refractivity contribution in [2.45, 2.75) is 33.7 Å². The standard InChI is InChI=1S/C10H19N3/c1-8(2)7-12-10-11-5-6-13(10)9(3)4/h5-6,8-9H,7H2,1-4H3,(H,11,12). The van der Waals surface area contributed by atoms with Gasteiger partial charge in [-0.25, -0.2) is 4.98 Å². The Bertz CT molecular complexity index is 250. The van der Waals surface area contributed by atoms with Gasteiger partial charge in [0.05, 0.1) is 0 Å². The molecule has 1 aromatic rings. The average molecular weight is 181 g/mol. The molecule has 0 bridgehead atoms. The predicted molar refractivity (Wildman–Crippen MR) is 55.9 cm³/mol. The second kappa shape index (κ2) is 4.30. The third-order valence-corrected chi connectivity index (χ3v) is 1.89. The van der Waals surface area contributed by atoms with Crippen molar-refractivity contribution in [2.75, 3.05) is 11.9 Å². The van der Waals surface area contributed by atoms with Gasteiger partial charge < -0.3 is 9.88 Å². The van der Waals surface area contributed by atoms with Crippen LogP contribution in [0, 0.1) is 5.92 Å². The first-order valence-electron chi connectivity index (χ1n) is 4.88. The first-order chi connectivity index (χ1) is 6.11. The van der Waals surface area contributed by atoms with Gasteiger partial charge in [0.1, 0.15) is 0 Å². The van der Waals surface area contributed by atoms with E-state index in [0.717, 1.165) is 12.5 Å². The van der Waals surface area contributed by atoms with Crippen molar-refractivity contribution < 1.29 is 0 Å². The molecule has 1 N–H and O–H groups in total. The van der Waals surface area contributed by atoms with E-state index in [1.54, 1.807) is 0 Å². The SMILES string of the molecule is CC(C)CNc1nccn1C(C)C. The van der Waals surface area contributed by atoms with Crippen LogP contribution in [0.15, 0.2) is 12.4 Å². The van der Waals surface area contributed by atoms with E-state index >= 15 is 0 Å². The summed E-state index contributed by atoms with van der Waals surface area (Å²) in [6.07, 6.45) is 3.84. The van der Waals surface area contributed by atoms with Crippen LogP contribution in [0.5, 0.6) is 0 Å². The largest absolute Gasteiger partial charge is 0.355 e. The molecule has 74 valence electrons. The summed E-state index contributed by atoms with van der Waals surface area (Å²) < 4.78 is 2.14. The average Bonchev–Trinajstić information content (AvgIpc) is 2.47. The molecule has 0 aliphatic carbocycles. The predicted octanol–water partition coefficient (Wildman–Crippen LogP) is 2.53. The zero-order valence-electron chi connectivity index (χ0n) is 8.91. The molecule has 1 heterocycles. The Morgan fingerprint density at radius 2 is 2.08 bits per heavy atom. The maximum Gasteiger partial charge on any atom is 0.203 e. The highest BCUT2D eigenvalue weighted by Crippen LogP contribution is 2.12. The van der Waals surface area contributed by atoms with Gasteiger partial charge in [0.25, 0.3) is 0 Å². The number of nitrogens with one attached hydrogen (secondary N) is 1. The lowest BCUT2D eigenvalue weighted by atomic mass is 10.2. The molecule has 0 atom stereocenters. The number of hydrogen-bond donors (Lipinski definition) is 1. The fraction of sp³-hybridized carbons (Fsp3) is 0.700. The monoisotopic (exact) mass is 181 g/mol. The number of rotatable bonds is 4. The topological polar surface area (TPSA) is 29.9 Å². The van der Waals surface area contributed by atoms with E-state index in [1.807, 2.05) is 12.4 Å². The Hall–Kier alpha value is -0.990. The van der Waals surface area contributed by atoms with E-state index in [-0.39, 0.29) is 0 Å². The van der Waals surface area contributed by atoms with Gasteiger partial charge in [-0.2, -0.15) is 0 Å². The maximum atomic E-state index is 4.26. The summed E-state index contributed by atoms with van der Waals surface area (Å²) in [7, 11) is 0. The molecule has 0 aliphatic heterocycles. The van der Waals surface area contributed by atoms with E-state index in [2.05, 4.69) is 42.6 Å². The fourth-order valence-corrected chi connectivity index (χ4v) is 1.16. The lowest BCUT2D eigenvalue weighted by Gasteiger charge is -2.13. The van der Waals surface area contributed by atoms with Crippen LogP contribution in [0.2, 0.25) is 0 Å². The molecule has 13 heavy (non-hydrogen) atoms. The summed E-state index contributed by atoms with van der Waals surface area (Å²) in [5.41, 5.74) is 0. The van der Waals surface area contributed by atoms with Crippen molar-refractivity contribution in [3.63, 3.8) is 0 Å². The third kappa shape index (κ3) is 2.76. The van der Waals surface area contributed by atoms with Crippen LogP contribution in [0.3, 0.4) is 0 Å². The van der Waals surface area contributed by atoms with E-state index in [4.69, 9.17) is 0 Å². The smallest absolute Gasteiger partial charge is 0.203 e. The van der Waals surface area contributed by atoms with Crippen LogP contribution in [0.4, 0.5) is 5.95 Å². The maximum absolute atomic E-state index is 4.26. The zero-order chi connectivity index (χ0) is 9.84. The van der Waals surface area contributed by atoms with Crippen LogP contribution < -0.4 is 5.32 Å². The normalized spacial score (nSPS) is 11.2. The van der Waals surface area contributed by atoms with Crippen molar-refractivity contribution in [2.24, 2.45) is 5.92 Å². The third-order valence-electron chi connectivity index (χ3n) is 1.89. The fourth-order valence-electron chi connectivity index (χ4n) is 1.16. The number of anilines is 1. The Morgan fingerprint density at radius 3 is 2.62 bits per heavy atom. The molecule has 0 spiro atoms. The van der Waals surface area contributed by atoms with Gasteiger partial charge in [0.15, 0.2) is 0 Å². The van der Waals surface area contributed by atoms with Gasteiger partial charge in [-0.15, -0.1) is 0 Å². The van der Waals surface area contributed by atoms with Gasteiger partial charge in [0, 0.05) is 25.0 Å². The Labute approximate surface area is 80.2 Å². The summed E-state index contributed by atoms with van der Waals surface area (Å²) >= 11 is 0. The molecule has 3 heteroatoms. The van der Waals surface area contributed by atoms with Crippen LogP contribution in [-0.2, 0) is 0 Å². The van der Waals surface area contributed by atoms with Gasteiger partial charge in [0.2, 0.25) is 5.95 Å². The minimum Gasteiger partial charge on any atom is -0.355 e. The highest BCUT2D eigenvalue weighted by atomic mass is 15.2. The van der Waals surface area contributed by atoms with E-state index in [0.29, 0.717) is 12.0 Å². The number of aromatic nitrogens is 2. The number of hydrogen-bond acceptors (Lipinski definition) is 2. The lowest BCUT2D eigenvalue weighted by molar-refractivity contribution is 0.597. The van der Waals surface area contributed by atoms with Crippen LogP contribution in [0.25, 0.3) is 0 Å². The molecule has 0 fully saturated rings. The molecule has 0 aliphatic rings. The summed E-state index contributed by atoms with van der Waals surface area (Å²) in [5, 5.41) is 3.33. The molecular weight excluding hydrogens is 162 g/mol. The molecule has 3 nitrogen and oxygen atoms in total. The summed E-state index contributed by atoms with van der Waals surface area (Å²) in [5.74, 6) is 1.63. The number of imidazole rings is 1. The van der Waals surface area contributed by atoms with Crippen molar-refractivity contribution in [1.29, 1.82) is 0 Å². The molecule has 0 unspecified atom stereocenters. The molecule has 1 rings (SSSR count). The van der Waals surface area contributed by atoms with E-state index in [1.165, 1.54) is 0 Å². The molecular formula is C10H19N3. The highest BCUT2D eigenvalue weighted by Gasteiger charge is 2.04. The van der Waals surface area contributed by atoms with Crippen molar-refractivity contribution >= 4 is 5.95 Å². The van der Waals surface area contributed by atoms with E-state index < -0.39 is 0 Å². The quantitative estimate of drug-likeness (QED) is 0.773. The highest BCUT2D eigenvalue weighted by molar-refractivity contribution is 5.26. The second-order valence-electron chi connectivity index (χ2n) is 4.03. The summed E-state index contributed by atoms with van der Waals surface area (Å²) in [4.78, 5) is 4.26. The molecule has 0 amide bonds. The minimum atomic E-state index is 0.470. The van der Waals surface area contributed by atoms with Gasteiger partial charge in [-0.05, 0) is 19.8 Å². The summed E-state index contributed by atoms with van der Waals surface area (Å²) in [6.45, 7) is 9.67. The van der Waals surface area contributed by atoms with Crippen molar-refractivity contribution in [3.05, 3.63) is 12.4 Å². The van der Waals surface area contributed by atoms with Crippen LogP contribution >= 0.6 is 0 Å². The lowest BCUT2D eigenvalue weighted by Crippen LogP contribution is -2.13. The molecule has 0 radical (unpaired) electrons. The van der Waals surface area contributed by atoms with Crippen molar-refractivity contribution in [3.8, 4) is 0 Å². The minimum absolute atomic E-state index is 0.470. The first kappa shape index (κ1) is 10.1.